The molecule has 2 aromatic rings. The van der Waals surface area contributed by atoms with Crippen molar-refractivity contribution in [1.82, 2.24) is 5.73 Å². The average Bonchev–Trinajstić information content (AvgIpc) is 2.29. The van der Waals surface area contributed by atoms with Crippen LogP contribution in [0.1, 0.15) is 0 Å². The normalized spacial score (nSPS) is 10.2. The van der Waals surface area contributed by atoms with Gasteiger partial charge < -0.3 is 4.74 Å². The number of carbonyl (C=O) groups is 1. The molecule has 0 unspecified atom stereocenters. The van der Waals surface area contributed by atoms with E-state index in [0.29, 0.717) is 5.75 Å². The summed E-state index contributed by atoms with van der Waals surface area (Å²) in [5, 5.41) is 1.91. The number of esters is 1. The van der Waals surface area contributed by atoms with Gasteiger partial charge in [-0.05, 0) is 11.5 Å². The molecule has 0 aromatic heterocycles. The van der Waals surface area contributed by atoms with Crippen molar-refractivity contribution in [3.8, 4) is 5.75 Å². The van der Waals surface area contributed by atoms with Gasteiger partial charge in [0.15, 0.2) is 0 Å². The molecule has 0 bridgehead atoms. The maximum Gasteiger partial charge on any atom is 0.326 e. The van der Waals surface area contributed by atoms with Crippen molar-refractivity contribution in [2.75, 3.05) is 6.54 Å². The maximum absolute atomic E-state index is 11.0. The van der Waals surface area contributed by atoms with Crippen molar-refractivity contribution in [3.63, 3.8) is 0 Å². The molecule has 1 radical (unpaired) electrons. The standard InChI is InChI=1S/C12H10NO2/c13-8-12(14)15-11-7-3-5-9-4-1-2-6-10(9)11/h1-7,13H,8H2. The highest BCUT2D eigenvalue weighted by molar-refractivity contribution is 5.90. The summed E-state index contributed by atoms with van der Waals surface area (Å²) in [5.74, 6) is -0.0169. The van der Waals surface area contributed by atoms with E-state index < -0.39 is 5.97 Å². The summed E-state index contributed by atoms with van der Waals surface area (Å²) in [6.45, 7) is -0.358. The van der Waals surface area contributed by atoms with Gasteiger partial charge in [0.2, 0.25) is 0 Å². The lowest BCUT2D eigenvalue weighted by atomic mass is 10.1. The van der Waals surface area contributed by atoms with Crippen LogP contribution in [-0.2, 0) is 4.79 Å². The van der Waals surface area contributed by atoms with Gasteiger partial charge >= 0.3 is 5.97 Å². The summed E-state index contributed by atoms with van der Waals surface area (Å²) >= 11 is 0. The molecule has 0 amide bonds. The number of nitrogens with one attached hydrogen (secondary N) is 1. The number of ether oxygens (including phenoxy) is 1. The van der Waals surface area contributed by atoms with Gasteiger partial charge in [-0.25, -0.2) is 5.73 Å². The summed E-state index contributed by atoms with van der Waals surface area (Å²) < 4.78 is 5.05. The minimum absolute atomic E-state index is 0.358. The molecule has 0 aliphatic heterocycles. The van der Waals surface area contributed by atoms with E-state index in [-0.39, 0.29) is 6.54 Å². The zero-order valence-electron chi connectivity index (χ0n) is 8.07. The first kappa shape index (κ1) is 9.68. The molecular formula is C12H10NO2. The summed E-state index contributed by atoms with van der Waals surface area (Å²) in [6, 6.07) is 13.2. The Labute approximate surface area is 87.5 Å². The molecule has 15 heavy (non-hydrogen) atoms. The van der Waals surface area contributed by atoms with E-state index in [2.05, 4.69) is 0 Å². The highest BCUT2D eigenvalue weighted by Crippen LogP contribution is 2.24. The van der Waals surface area contributed by atoms with Crippen molar-refractivity contribution in [2.24, 2.45) is 0 Å². The second kappa shape index (κ2) is 4.11. The van der Waals surface area contributed by atoms with E-state index >= 15 is 0 Å². The minimum Gasteiger partial charge on any atom is -0.425 e. The van der Waals surface area contributed by atoms with E-state index in [4.69, 9.17) is 10.5 Å². The van der Waals surface area contributed by atoms with Crippen molar-refractivity contribution < 1.29 is 9.53 Å². The number of rotatable bonds is 2. The molecule has 75 valence electrons. The number of hydrogen-bond acceptors (Lipinski definition) is 2. The summed E-state index contributed by atoms with van der Waals surface area (Å²) in [6.07, 6.45) is 0. The lowest BCUT2D eigenvalue weighted by Crippen LogP contribution is -2.13. The molecule has 0 atom stereocenters. The Morgan fingerprint density at radius 1 is 1.13 bits per heavy atom. The smallest absolute Gasteiger partial charge is 0.326 e. The van der Waals surface area contributed by atoms with Crippen LogP contribution in [0.4, 0.5) is 0 Å². The number of benzene rings is 2. The summed E-state index contributed by atoms with van der Waals surface area (Å²) in [7, 11) is 0. The van der Waals surface area contributed by atoms with E-state index in [1.807, 2.05) is 36.4 Å². The van der Waals surface area contributed by atoms with Gasteiger partial charge in [-0.2, -0.15) is 0 Å². The fourth-order valence-electron chi connectivity index (χ4n) is 1.44. The van der Waals surface area contributed by atoms with Crippen LogP contribution >= 0.6 is 0 Å². The number of carbonyl (C=O) groups excluding carboxylic acids is 1. The van der Waals surface area contributed by atoms with Crippen LogP contribution in [0, 0.1) is 0 Å². The molecule has 1 N–H and O–H groups in total. The van der Waals surface area contributed by atoms with Crippen LogP contribution in [0.15, 0.2) is 42.5 Å². The Hall–Kier alpha value is -1.87. The van der Waals surface area contributed by atoms with Crippen molar-refractivity contribution >= 4 is 16.7 Å². The predicted octanol–water partition coefficient (Wildman–Crippen LogP) is 2.03. The molecule has 3 heteroatoms. The Bertz CT molecular complexity index is 488. The SMILES string of the molecule is [NH]CC(=O)Oc1cccc2ccccc12. The van der Waals surface area contributed by atoms with Gasteiger partial charge in [0.1, 0.15) is 12.3 Å². The quantitative estimate of drug-likeness (QED) is 0.550. The highest BCUT2D eigenvalue weighted by Gasteiger charge is 2.05. The predicted molar refractivity (Wildman–Crippen MR) is 57.5 cm³/mol. The maximum atomic E-state index is 11.0. The Kier molecular flexibility index (Phi) is 2.65. The Morgan fingerprint density at radius 2 is 1.87 bits per heavy atom. The first-order valence-corrected chi connectivity index (χ1v) is 4.64. The number of fused-ring (bicyclic) bond motifs is 1. The van der Waals surface area contributed by atoms with Crippen molar-refractivity contribution in [2.45, 2.75) is 0 Å². The molecule has 0 spiro atoms. The van der Waals surface area contributed by atoms with Gasteiger partial charge in [0.25, 0.3) is 0 Å². The first-order valence-electron chi connectivity index (χ1n) is 4.64. The molecule has 0 heterocycles. The third-order valence-electron chi connectivity index (χ3n) is 2.12. The topological polar surface area (TPSA) is 50.1 Å². The highest BCUT2D eigenvalue weighted by atomic mass is 16.5. The lowest BCUT2D eigenvalue weighted by Gasteiger charge is -2.05. The second-order valence-corrected chi connectivity index (χ2v) is 3.13. The largest absolute Gasteiger partial charge is 0.425 e. The Balaban J connectivity index is 2.46. The van der Waals surface area contributed by atoms with Crippen LogP contribution in [-0.4, -0.2) is 12.5 Å². The molecule has 0 fully saturated rings. The average molecular weight is 200 g/mol. The van der Waals surface area contributed by atoms with E-state index in [1.165, 1.54) is 0 Å². The Morgan fingerprint density at radius 3 is 2.67 bits per heavy atom. The van der Waals surface area contributed by atoms with Gasteiger partial charge in [0, 0.05) is 5.39 Å². The lowest BCUT2D eigenvalue weighted by molar-refractivity contribution is -0.132. The zero-order chi connectivity index (χ0) is 10.7. The summed E-state index contributed by atoms with van der Waals surface area (Å²) in [5.41, 5.74) is 6.89. The molecule has 0 aliphatic rings. The third-order valence-corrected chi connectivity index (χ3v) is 2.12. The van der Waals surface area contributed by atoms with E-state index in [9.17, 15) is 4.79 Å². The van der Waals surface area contributed by atoms with Crippen LogP contribution in [0.3, 0.4) is 0 Å². The molecule has 2 rings (SSSR count). The fourth-order valence-corrected chi connectivity index (χ4v) is 1.44. The molecule has 0 aliphatic carbocycles. The second-order valence-electron chi connectivity index (χ2n) is 3.13. The van der Waals surface area contributed by atoms with E-state index in [1.54, 1.807) is 6.07 Å². The molecule has 0 saturated carbocycles. The van der Waals surface area contributed by atoms with Crippen LogP contribution in [0.2, 0.25) is 0 Å². The first-order chi connectivity index (χ1) is 7.31. The van der Waals surface area contributed by atoms with E-state index in [0.717, 1.165) is 10.8 Å². The van der Waals surface area contributed by atoms with Gasteiger partial charge in [-0.1, -0.05) is 36.4 Å². The molecule has 2 aromatic carbocycles. The van der Waals surface area contributed by atoms with Crippen LogP contribution in [0.25, 0.3) is 10.8 Å². The fraction of sp³-hybridized carbons (Fsp3) is 0.0833. The molecule has 3 nitrogen and oxygen atoms in total. The minimum atomic E-state index is -0.536. The number of hydrogen-bond donors (Lipinski definition) is 0. The van der Waals surface area contributed by atoms with Crippen molar-refractivity contribution in [1.29, 1.82) is 0 Å². The van der Waals surface area contributed by atoms with Crippen LogP contribution < -0.4 is 10.5 Å². The third kappa shape index (κ3) is 1.97. The molecular weight excluding hydrogens is 190 g/mol. The van der Waals surface area contributed by atoms with Gasteiger partial charge in [-0.3, -0.25) is 4.79 Å². The van der Waals surface area contributed by atoms with Crippen LogP contribution in [0.5, 0.6) is 5.75 Å². The van der Waals surface area contributed by atoms with Crippen molar-refractivity contribution in [3.05, 3.63) is 42.5 Å². The van der Waals surface area contributed by atoms with Gasteiger partial charge in [0.05, 0.1) is 0 Å². The monoisotopic (exact) mass is 200 g/mol. The van der Waals surface area contributed by atoms with Gasteiger partial charge in [-0.15, -0.1) is 0 Å². The molecule has 0 saturated heterocycles. The summed E-state index contributed by atoms with van der Waals surface area (Å²) in [4.78, 5) is 11.0. The zero-order valence-corrected chi connectivity index (χ0v) is 8.07.